The number of nitrogens with one attached hydrogen (secondary N) is 1. The van der Waals surface area contributed by atoms with E-state index >= 15 is 0 Å². The molecule has 5 nitrogen and oxygen atoms in total. The summed E-state index contributed by atoms with van der Waals surface area (Å²) in [6, 6.07) is 14.5. The van der Waals surface area contributed by atoms with Crippen molar-refractivity contribution in [2.24, 2.45) is 4.99 Å². The van der Waals surface area contributed by atoms with E-state index in [1.165, 1.54) is 16.4 Å². The van der Waals surface area contributed by atoms with Gasteiger partial charge in [-0.3, -0.25) is 10.2 Å². The monoisotopic (exact) mass is 358 g/mol. The summed E-state index contributed by atoms with van der Waals surface area (Å²) >= 11 is 7.38. The standard InChI is InChI=1S/C17H15ClN4OS/c1-11-19-15-9-4-3-8-14(15)16(23)22(11)21-17(24-2)20-13-7-5-6-12(18)10-13/h3-10H,1-2H3,(H,20,21). The lowest BCUT2D eigenvalue weighted by molar-refractivity contribution is 0.839. The molecule has 2 aromatic carbocycles. The minimum Gasteiger partial charge on any atom is -0.268 e. The van der Waals surface area contributed by atoms with Gasteiger partial charge in [-0.25, -0.2) is 14.7 Å². The molecule has 0 fully saturated rings. The molecule has 1 N–H and O–H groups in total. The molecule has 1 aromatic heterocycles. The fourth-order valence-corrected chi connectivity index (χ4v) is 2.81. The highest BCUT2D eigenvalue weighted by Gasteiger charge is 2.09. The van der Waals surface area contributed by atoms with E-state index in [0.717, 1.165) is 0 Å². The van der Waals surface area contributed by atoms with Gasteiger partial charge in [0.15, 0.2) is 5.17 Å². The predicted octanol–water partition coefficient (Wildman–Crippen LogP) is 3.95. The van der Waals surface area contributed by atoms with E-state index in [0.29, 0.717) is 32.6 Å². The zero-order chi connectivity index (χ0) is 17.1. The minimum atomic E-state index is -0.161. The van der Waals surface area contributed by atoms with Gasteiger partial charge in [0.2, 0.25) is 0 Å². The van der Waals surface area contributed by atoms with E-state index in [9.17, 15) is 4.79 Å². The molecular formula is C17H15ClN4OS. The summed E-state index contributed by atoms with van der Waals surface area (Å²) in [6.45, 7) is 1.78. The summed E-state index contributed by atoms with van der Waals surface area (Å²) in [6.07, 6.45) is 1.88. The summed E-state index contributed by atoms with van der Waals surface area (Å²) in [4.78, 5) is 21.6. The average Bonchev–Trinajstić information content (AvgIpc) is 2.57. The van der Waals surface area contributed by atoms with Crippen LogP contribution in [0.15, 0.2) is 58.3 Å². The van der Waals surface area contributed by atoms with Gasteiger partial charge in [-0.15, -0.1) is 0 Å². The molecule has 0 aliphatic carbocycles. The number of aliphatic imine (C=N–C) groups is 1. The van der Waals surface area contributed by atoms with Gasteiger partial charge in [0, 0.05) is 5.02 Å². The molecule has 0 saturated heterocycles. The third-order valence-electron chi connectivity index (χ3n) is 3.38. The molecule has 0 spiro atoms. The number of aromatic nitrogens is 2. The number of amidine groups is 1. The highest BCUT2D eigenvalue weighted by molar-refractivity contribution is 8.13. The Balaban J connectivity index is 2.03. The zero-order valence-electron chi connectivity index (χ0n) is 13.2. The average molecular weight is 359 g/mol. The van der Waals surface area contributed by atoms with Crippen molar-refractivity contribution >= 4 is 45.1 Å². The molecule has 7 heteroatoms. The van der Waals surface area contributed by atoms with Crippen LogP contribution in [-0.4, -0.2) is 21.1 Å². The second-order valence-electron chi connectivity index (χ2n) is 5.03. The van der Waals surface area contributed by atoms with Crippen LogP contribution < -0.4 is 11.0 Å². The first-order chi connectivity index (χ1) is 11.6. The first kappa shape index (κ1) is 16.5. The third-order valence-corrected chi connectivity index (χ3v) is 4.19. The lowest BCUT2D eigenvalue weighted by Gasteiger charge is -2.13. The Morgan fingerprint density at radius 3 is 2.79 bits per heavy atom. The molecule has 0 bridgehead atoms. The van der Waals surface area contributed by atoms with Crippen molar-refractivity contribution in [3.8, 4) is 0 Å². The quantitative estimate of drug-likeness (QED) is 0.556. The molecule has 0 atom stereocenters. The van der Waals surface area contributed by atoms with E-state index in [-0.39, 0.29) is 5.56 Å². The number of hydrogen-bond donors (Lipinski definition) is 1. The Kier molecular flexibility index (Phi) is 4.87. The molecule has 0 aliphatic rings. The molecular weight excluding hydrogens is 344 g/mol. The fraction of sp³-hybridized carbons (Fsp3) is 0.118. The van der Waals surface area contributed by atoms with E-state index in [2.05, 4.69) is 15.4 Å². The number of fused-ring (bicyclic) bond motifs is 1. The molecule has 0 unspecified atom stereocenters. The number of halogens is 1. The van der Waals surface area contributed by atoms with Gasteiger partial charge < -0.3 is 0 Å². The maximum absolute atomic E-state index is 12.7. The van der Waals surface area contributed by atoms with Crippen molar-refractivity contribution in [3.63, 3.8) is 0 Å². The Morgan fingerprint density at radius 1 is 1.25 bits per heavy atom. The zero-order valence-corrected chi connectivity index (χ0v) is 14.7. The minimum absolute atomic E-state index is 0.161. The lowest BCUT2D eigenvalue weighted by atomic mass is 10.2. The molecule has 0 saturated carbocycles. The number of para-hydroxylation sites is 1. The normalized spacial score (nSPS) is 11.7. The van der Waals surface area contributed by atoms with Gasteiger partial charge >= 0.3 is 0 Å². The van der Waals surface area contributed by atoms with Gasteiger partial charge in [-0.05, 0) is 43.5 Å². The van der Waals surface area contributed by atoms with Crippen molar-refractivity contribution in [3.05, 3.63) is 69.7 Å². The van der Waals surface area contributed by atoms with Crippen LogP contribution in [0.4, 0.5) is 5.69 Å². The van der Waals surface area contributed by atoms with Gasteiger partial charge in [0.25, 0.3) is 5.56 Å². The molecule has 24 heavy (non-hydrogen) atoms. The SMILES string of the molecule is CSC(=Nc1cccc(Cl)c1)Nn1c(C)nc2ccccc2c1=O. The number of thioether (sulfide) groups is 1. The van der Waals surface area contributed by atoms with E-state index in [1.54, 1.807) is 25.1 Å². The highest BCUT2D eigenvalue weighted by Crippen LogP contribution is 2.19. The maximum Gasteiger partial charge on any atom is 0.280 e. The smallest absolute Gasteiger partial charge is 0.268 e. The molecule has 0 amide bonds. The molecule has 3 rings (SSSR count). The largest absolute Gasteiger partial charge is 0.280 e. The van der Waals surface area contributed by atoms with E-state index in [1.807, 2.05) is 36.6 Å². The fourth-order valence-electron chi connectivity index (χ4n) is 2.25. The summed E-state index contributed by atoms with van der Waals surface area (Å²) < 4.78 is 1.40. The summed E-state index contributed by atoms with van der Waals surface area (Å²) in [5.41, 5.74) is 4.26. The molecule has 1 heterocycles. The first-order valence-electron chi connectivity index (χ1n) is 7.22. The highest BCUT2D eigenvalue weighted by atomic mass is 35.5. The van der Waals surface area contributed by atoms with Gasteiger partial charge in [0.05, 0.1) is 16.6 Å². The van der Waals surface area contributed by atoms with Crippen molar-refractivity contribution < 1.29 is 0 Å². The molecule has 122 valence electrons. The van der Waals surface area contributed by atoms with Crippen molar-refractivity contribution in [1.29, 1.82) is 0 Å². The third kappa shape index (κ3) is 3.44. The second kappa shape index (κ2) is 7.07. The van der Waals surface area contributed by atoms with Gasteiger partial charge in [-0.1, -0.05) is 41.6 Å². The Hall–Kier alpha value is -2.31. The second-order valence-corrected chi connectivity index (χ2v) is 6.26. The maximum atomic E-state index is 12.7. The summed E-state index contributed by atoms with van der Waals surface area (Å²) in [5.74, 6) is 0.562. The van der Waals surface area contributed by atoms with Gasteiger partial charge in [0.1, 0.15) is 5.82 Å². The summed E-state index contributed by atoms with van der Waals surface area (Å²) in [5, 5.41) is 1.73. The number of hydrogen-bond acceptors (Lipinski definition) is 4. The number of benzene rings is 2. The van der Waals surface area contributed by atoms with Crippen molar-refractivity contribution in [2.75, 3.05) is 11.7 Å². The van der Waals surface area contributed by atoms with Crippen LogP contribution in [0.3, 0.4) is 0 Å². The van der Waals surface area contributed by atoms with Crippen LogP contribution in [0.25, 0.3) is 10.9 Å². The van der Waals surface area contributed by atoms with Crippen LogP contribution in [0.5, 0.6) is 0 Å². The van der Waals surface area contributed by atoms with E-state index in [4.69, 9.17) is 11.6 Å². The van der Waals surface area contributed by atoms with Gasteiger partial charge in [-0.2, -0.15) is 0 Å². The van der Waals surface area contributed by atoms with Crippen LogP contribution >= 0.6 is 23.4 Å². The van der Waals surface area contributed by atoms with Crippen LogP contribution in [0, 0.1) is 6.92 Å². The van der Waals surface area contributed by atoms with Crippen LogP contribution in [0.1, 0.15) is 5.82 Å². The first-order valence-corrected chi connectivity index (χ1v) is 8.82. The summed E-state index contributed by atoms with van der Waals surface area (Å²) in [7, 11) is 0. The molecule has 3 aromatic rings. The predicted molar refractivity (Wildman–Crippen MR) is 102 cm³/mol. The topological polar surface area (TPSA) is 59.3 Å². The number of rotatable bonds is 2. The van der Waals surface area contributed by atoms with Crippen LogP contribution in [0.2, 0.25) is 5.02 Å². The number of nitrogens with zero attached hydrogens (tertiary/aromatic N) is 3. The Labute approximate surface area is 148 Å². The molecule has 0 aliphatic heterocycles. The van der Waals surface area contributed by atoms with Crippen molar-refractivity contribution in [2.45, 2.75) is 6.92 Å². The Morgan fingerprint density at radius 2 is 2.04 bits per heavy atom. The molecule has 0 radical (unpaired) electrons. The van der Waals surface area contributed by atoms with E-state index < -0.39 is 0 Å². The Bertz CT molecular complexity index is 984. The lowest BCUT2D eigenvalue weighted by Crippen LogP contribution is -2.34. The number of aryl methyl sites for hydroxylation is 1. The van der Waals surface area contributed by atoms with Crippen molar-refractivity contribution in [1.82, 2.24) is 9.66 Å². The van der Waals surface area contributed by atoms with Crippen LogP contribution in [-0.2, 0) is 0 Å².